The lowest BCUT2D eigenvalue weighted by Gasteiger charge is -2.01. The van der Waals surface area contributed by atoms with Crippen LogP contribution in [-0.4, -0.2) is 22.2 Å². The third kappa shape index (κ3) is 2.37. The van der Waals surface area contributed by atoms with Gasteiger partial charge in [0.15, 0.2) is 12.1 Å². The van der Waals surface area contributed by atoms with Crippen LogP contribution in [0.15, 0.2) is 47.1 Å². The first-order valence-electron chi connectivity index (χ1n) is 6.96. The second-order valence-electron chi connectivity index (χ2n) is 4.84. The second-order valence-corrected chi connectivity index (χ2v) is 4.84. The molecule has 0 saturated carbocycles. The van der Waals surface area contributed by atoms with Crippen molar-refractivity contribution < 1.29 is 14.1 Å². The standard InChI is InChI=1S/C17H14N2O3/c1-2-14-15(17(21)12-8-13(10-20)18-9-12)16(19-22-14)11-6-4-3-5-7-11/h3-10,18H,2H2,1H3. The molecule has 22 heavy (non-hydrogen) atoms. The molecule has 0 atom stereocenters. The van der Waals surface area contributed by atoms with Crippen molar-refractivity contribution in [3.8, 4) is 11.3 Å². The van der Waals surface area contributed by atoms with E-state index in [0.29, 0.717) is 41.0 Å². The van der Waals surface area contributed by atoms with Crippen LogP contribution in [0.1, 0.15) is 39.1 Å². The molecule has 5 heteroatoms. The zero-order chi connectivity index (χ0) is 15.5. The van der Waals surface area contributed by atoms with E-state index in [4.69, 9.17) is 4.52 Å². The van der Waals surface area contributed by atoms with Gasteiger partial charge in [-0.2, -0.15) is 0 Å². The van der Waals surface area contributed by atoms with Gasteiger partial charge < -0.3 is 9.51 Å². The maximum atomic E-state index is 12.8. The summed E-state index contributed by atoms with van der Waals surface area (Å²) >= 11 is 0. The van der Waals surface area contributed by atoms with E-state index in [1.54, 1.807) is 0 Å². The van der Waals surface area contributed by atoms with Crippen molar-refractivity contribution in [2.45, 2.75) is 13.3 Å². The number of aryl methyl sites for hydroxylation is 1. The fourth-order valence-electron chi connectivity index (χ4n) is 2.35. The van der Waals surface area contributed by atoms with Gasteiger partial charge in [0.25, 0.3) is 0 Å². The van der Waals surface area contributed by atoms with Crippen molar-refractivity contribution in [2.24, 2.45) is 0 Å². The van der Waals surface area contributed by atoms with Gasteiger partial charge in [-0.15, -0.1) is 0 Å². The molecule has 0 unspecified atom stereocenters. The summed E-state index contributed by atoms with van der Waals surface area (Å²) in [5, 5.41) is 4.06. The number of hydrogen-bond acceptors (Lipinski definition) is 4. The Morgan fingerprint density at radius 2 is 2.09 bits per heavy atom. The lowest BCUT2D eigenvalue weighted by molar-refractivity contribution is 0.103. The predicted molar refractivity (Wildman–Crippen MR) is 80.9 cm³/mol. The Kier molecular flexibility index (Phi) is 3.70. The fourth-order valence-corrected chi connectivity index (χ4v) is 2.35. The molecular weight excluding hydrogens is 280 g/mol. The number of nitrogens with zero attached hydrogens (tertiary/aromatic N) is 1. The second kappa shape index (κ2) is 5.81. The van der Waals surface area contributed by atoms with E-state index in [-0.39, 0.29) is 5.78 Å². The summed E-state index contributed by atoms with van der Waals surface area (Å²) in [6.07, 6.45) is 2.75. The third-order valence-electron chi connectivity index (χ3n) is 3.45. The van der Waals surface area contributed by atoms with Gasteiger partial charge >= 0.3 is 0 Å². The first-order valence-corrected chi connectivity index (χ1v) is 6.96. The monoisotopic (exact) mass is 294 g/mol. The first kappa shape index (κ1) is 14.0. The van der Waals surface area contributed by atoms with Gasteiger partial charge in [0.2, 0.25) is 0 Å². The van der Waals surface area contributed by atoms with Gasteiger partial charge in [-0.1, -0.05) is 42.4 Å². The number of benzene rings is 1. The summed E-state index contributed by atoms with van der Waals surface area (Å²) < 4.78 is 5.32. The summed E-state index contributed by atoms with van der Waals surface area (Å²) in [6.45, 7) is 1.90. The molecule has 110 valence electrons. The van der Waals surface area contributed by atoms with Gasteiger partial charge in [-0.25, -0.2) is 0 Å². The molecule has 0 radical (unpaired) electrons. The number of aromatic nitrogens is 2. The fraction of sp³-hybridized carbons (Fsp3) is 0.118. The van der Waals surface area contributed by atoms with E-state index in [1.807, 2.05) is 37.3 Å². The molecule has 2 aromatic heterocycles. The Bertz CT molecular complexity index is 816. The zero-order valence-electron chi connectivity index (χ0n) is 12.0. The highest BCUT2D eigenvalue weighted by atomic mass is 16.5. The molecule has 0 amide bonds. The summed E-state index contributed by atoms with van der Waals surface area (Å²) in [4.78, 5) is 26.3. The Hall–Kier alpha value is -2.95. The Balaban J connectivity index is 2.10. The van der Waals surface area contributed by atoms with Crippen molar-refractivity contribution in [3.63, 3.8) is 0 Å². The molecule has 0 aliphatic heterocycles. The molecule has 0 aliphatic carbocycles. The minimum Gasteiger partial charge on any atom is -0.360 e. The number of ketones is 1. The van der Waals surface area contributed by atoms with Crippen molar-refractivity contribution >= 4 is 12.1 Å². The highest BCUT2D eigenvalue weighted by Gasteiger charge is 2.24. The number of H-pyrrole nitrogens is 1. The Morgan fingerprint density at radius 3 is 2.73 bits per heavy atom. The molecule has 1 N–H and O–H groups in total. The first-order chi connectivity index (χ1) is 10.7. The molecule has 0 bridgehead atoms. The van der Waals surface area contributed by atoms with Crippen molar-refractivity contribution in [1.29, 1.82) is 0 Å². The number of nitrogens with one attached hydrogen (secondary N) is 1. The molecule has 1 aromatic carbocycles. The maximum absolute atomic E-state index is 12.8. The number of aromatic amines is 1. The SMILES string of the molecule is CCc1onc(-c2ccccc2)c1C(=O)c1c[nH]c(C=O)c1. The zero-order valence-corrected chi connectivity index (χ0v) is 12.0. The van der Waals surface area contributed by atoms with Gasteiger partial charge in [0.1, 0.15) is 11.5 Å². The van der Waals surface area contributed by atoms with Crippen LogP contribution in [0, 0.1) is 0 Å². The number of carbonyl (C=O) groups excluding carboxylic acids is 2. The number of rotatable bonds is 5. The smallest absolute Gasteiger partial charge is 0.200 e. The van der Waals surface area contributed by atoms with Crippen LogP contribution in [0.4, 0.5) is 0 Å². The normalized spacial score (nSPS) is 10.6. The number of aldehydes is 1. The minimum atomic E-state index is -0.207. The lowest BCUT2D eigenvalue weighted by Crippen LogP contribution is -2.03. The van der Waals surface area contributed by atoms with Crippen molar-refractivity contribution in [2.75, 3.05) is 0 Å². The van der Waals surface area contributed by atoms with Crippen LogP contribution in [0.2, 0.25) is 0 Å². The quantitative estimate of drug-likeness (QED) is 0.578. The van der Waals surface area contributed by atoms with E-state index in [2.05, 4.69) is 10.1 Å². The summed E-state index contributed by atoms with van der Waals surface area (Å²) in [7, 11) is 0. The number of hydrogen-bond donors (Lipinski definition) is 1. The largest absolute Gasteiger partial charge is 0.360 e. The van der Waals surface area contributed by atoms with E-state index < -0.39 is 0 Å². The van der Waals surface area contributed by atoms with Crippen LogP contribution in [0.3, 0.4) is 0 Å². The summed E-state index contributed by atoms with van der Waals surface area (Å²) in [5.74, 6) is 0.332. The topological polar surface area (TPSA) is 76.0 Å². The molecule has 0 spiro atoms. The van der Waals surface area contributed by atoms with Crippen LogP contribution >= 0.6 is 0 Å². The highest BCUT2D eigenvalue weighted by Crippen LogP contribution is 2.28. The molecule has 3 aromatic rings. The van der Waals surface area contributed by atoms with Gasteiger partial charge in [-0.05, 0) is 6.07 Å². The Labute approximate surface area is 127 Å². The molecule has 3 rings (SSSR count). The molecule has 0 aliphatic rings. The molecule has 5 nitrogen and oxygen atoms in total. The van der Waals surface area contributed by atoms with E-state index in [1.165, 1.54) is 12.3 Å². The van der Waals surface area contributed by atoms with Crippen LogP contribution < -0.4 is 0 Å². The summed E-state index contributed by atoms with van der Waals surface area (Å²) in [6, 6.07) is 10.9. The lowest BCUT2D eigenvalue weighted by atomic mass is 9.98. The van der Waals surface area contributed by atoms with Crippen LogP contribution in [-0.2, 0) is 6.42 Å². The molecule has 2 heterocycles. The third-order valence-corrected chi connectivity index (χ3v) is 3.45. The van der Waals surface area contributed by atoms with Gasteiger partial charge in [0, 0.05) is 23.7 Å². The van der Waals surface area contributed by atoms with Gasteiger partial charge in [0.05, 0.1) is 11.3 Å². The summed E-state index contributed by atoms with van der Waals surface area (Å²) in [5.41, 5.74) is 2.57. The van der Waals surface area contributed by atoms with E-state index in [0.717, 1.165) is 5.56 Å². The van der Waals surface area contributed by atoms with Crippen molar-refractivity contribution in [3.05, 3.63) is 65.2 Å². The average molecular weight is 294 g/mol. The van der Waals surface area contributed by atoms with Crippen LogP contribution in [0.25, 0.3) is 11.3 Å². The Morgan fingerprint density at radius 1 is 1.32 bits per heavy atom. The molecular formula is C17H14N2O3. The van der Waals surface area contributed by atoms with E-state index >= 15 is 0 Å². The highest BCUT2D eigenvalue weighted by molar-refractivity contribution is 6.13. The van der Waals surface area contributed by atoms with Gasteiger partial charge in [-0.3, -0.25) is 9.59 Å². The number of carbonyl (C=O) groups is 2. The molecule has 0 saturated heterocycles. The maximum Gasteiger partial charge on any atom is 0.200 e. The van der Waals surface area contributed by atoms with Crippen molar-refractivity contribution in [1.82, 2.24) is 10.1 Å². The average Bonchev–Trinajstić information content (AvgIpc) is 3.21. The predicted octanol–water partition coefficient (Wildman–Crippen LogP) is 3.28. The molecule has 0 fully saturated rings. The van der Waals surface area contributed by atoms with Crippen LogP contribution in [0.5, 0.6) is 0 Å². The minimum absolute atomic E-state index is 0.207. The van der Waals surface area contributed by atoms with E-state index in [9.17, 15) is 9.59 Å².